The summed E-state index contributed by atoms with van der Waals surface area (Å²) in [5, 5.41) is 4.92. The minimum absolute atomic E-state index is 0.0664. The molecule has 0 unspecified atom stereocenters. The SMILES string of the molecule is Nc1ccn(CCCn2ccc(=O)c3ccccc32)n1. The highest BCUT2D eigenvalue weighted by molar-refractivity contribution is 5.78. The van der Waals surface area contributed by atoms with E-state index in [4.69, 9.17) is 5.73 Å². The zero-order valence-electron chi connectivity index (χ0n) is 11.1. The molecule has 0 spiro atoms. The minimum atomic E-state index is 0.0664. The van der Waals surface area contributed by atoms with E-state index in [1.165, 1.54) is 0 Å². The Morgan fingerprint density at radius 1 is 1.05 bits per heavy atom. The third-order valence-electron chi connectivity index (χ3n) is 3.33. The number of nitrogens with zero attached hydrogens (tertiary/aromatic N) is 3. The van der Waals surface area contributed by atoms with Crippen molar-refractivity contribution in [2.45, 2.75) is 19.5 Å². The summed E-state index contributed by atoms with van der Waals surface area (Å²) in [6.07, 6.45) is 4.65. The number of pyridine rings is 1. The summed E-state index contributed by atoms with van der Waals surface area (Å²) in [4.78, 5) is 11.8. The van der Waals surface area contributed by atoms with E-state index in [2.05, 4.69) is 9.67 Å². The van der Waals surface area contributed by atoms with Gasteiger partial charge in [0.05, 0.1) is 5.52 Å². The van der Waals surface area contributed by atoms with Gasteiger partial charge < -0.3 is 10.3 Å². The van der Waals surface area contributed by atoms with Gasteiger partial charge in [-0.05, 0) is 24.6 Å². The normalized spacial score (nSPS) is 11.0. The van der Waals surface area contributed by atoms with Crippen molar-refractivity contribution in [1.82, 2.24) is 14.3 Å². The Morgan fingerprint density at radius 2 is 1.90 bits per heavy atom. The highest BCUT2D eigenvalue weighted by Gasteiger charge is 2.02. The second-order valence-electron chi connectivity index (χ2n) is 4.75. The van der Waals surface area contributed by atoms with Gasteiger partial charge >= 0.3 is 0 Å². The van der Waals surface area contributed by atoms with E-state index < -0.39 is 0 Å². The number of hydrogen-bond donors (Lipinski definition) is 1. The predicted molar refractivity (Wildman–Crippen MR) is 79.5 cm³/mol. The van der Waals surface area contributed by atoms with Crippen molar-refractivity contribution in [1.29, 1.82) is 0 Å². The van der Waals surface area contributed by atoms with Crippen molar-refractivity contribution >= 4 is 16.7 Å². The highest BCUT2D eigenvalue weighted by atomic mass is 16.1. The van der Waals surface area contributed by atoms with Crippen molar-refractivity contribution in [3.8, 4) is 0 Å². The van der Waals surface area contributed by atoms with Crippen LogP contribution in [0.1, 0.15) is 6.42 Å². The van der Waals surface area contributed by atoms with Gasteiger partial charge in [0.15, 0.2) is 5.43 Å². The Kier molecular flexibility index (Phi) is 3.25. The molecule has 2 heterocycles. The van der Waals surface area contributed by atoms with Crippen LogP contribution in [0.3, 0.4) is 0 Å². The molecule has 2 aromatic heterocycles. The van der Waals surface area contributed by atoms with Crippen LogP contribution >= 0.6 is 0 Å². The molecular weight excluding hydrogens is 252 g/mol. The Balaban J connectivity index is 1.78. The topological polar surface area (TPSA) is 65.8 Å². The molecule has 0 amide bonds. The molecule has 1 aromatic carbocycles. The fourth-order valence-electron chi connectivity index (χ4n) is 2.36. The van der Waals surface area contributed by atoms with Gasteiger partial charge in [-0.1, -0.05) is 12.1 Å². The van der Waals surface area contributed by atoms with Gasteiger partial charge in [-0.15, -0.1) is 0 Å². The van der Waals surface area contributed by atoms with Crippen LogP contribution < -0.4 is 11.2 Å². The zero-order valence-corrected chi connectivity index (χ0v) is 11.1. The molecule has 102 valence electrons. The highest BCUT2D eigenvalue weighted by Crippen LogP contribution is 2.10. The molecule has 3 rings (SSSR count). The van der Waals surface area contributed by atoms with Gasteiger partial charge in [0.25, 0.3) is 0 Å². The minimum Gasteiger partial charge on any atom is -0.382 e. The van der Waals surface area contributed by atoms with Crippen LogP contribution in [0.2, 0.25) is 0 Å². The lowest BCUT2D eigenvalue weighted by Crippen LogP contribution is -2.10. The van der Waals surface area contributed by atoms with Gasteiger partial charge in [-0.25, -0.2) is 0 Å². The van der Waals surface area contributed by atoms with E-state index in [0.717, 1.165) is 30.4 Å². The molecule has 0 aliphatic carbocycles. The Hall–Kier alpha value is -2.56. The van der Waals surface area contributed by atoms with Crippen molar-refractivity contribution in [3.63, 3.8) is 0 Å². The Labute approximate surface area is 116 Å². The third kappa shape index (κ3) is 2.42. The van der Waals surface area contributed by atoms with Crippen LogP contribution in [0.15, 0.2) is 53.6 Å². The van der Waals surface area contributed by atoms with E-state index >= 15 is 0 Å². The maximum atomic E-state index is 11.8. The molecule has 0 fully saturated rings. The van der Waals surface area contributed by atoms with Crippen molar-refractivity contribution in [3.05, 3.63) is 59.0 Å². The van der Waals surface area contributed by atoms with E-state index in [9.17, 15) is 4.79 Å². The number of benzene rings is 1. The average molecular weight is 268 g/mol. The third-order valence-corrected chi connectivity index (χ3v) is 3.33. The van der Waals surface area contributed by atoms with E-state index in [0.29, 0.717) is 5.82 Å². The number of para-hydroxylation sites is 1. The lowest BCUT2D eigenvalue weighted by Gasteiger charge is -2.10. The molecule has 0 saturated heterocycles. The number of hydrogen-bond acceptors (Lipinski definition) is 3. The first-order valence-corrected chi connectivity index (χ1v) is 6.61. The number of aromatic nitrogens is 3. The fourth-order valence-corrected chi connectivity index (χ4v) is 2.36. The molecule has 0 aliphatic rings. The van der Waals surface area contributed by atoms with E-state index in [-0.39, 0.29) is 5.43 Å². The van der Waals surface area contributed by atoms with Crippen LogP contribution in [-0.4, -0.2) is 14.3 Å². The maximum Gasteiger partial charge on any atom is 0.189 e. The molecule has 0 atom stereocenters. The number of aryl methyl sites for hydroxylation is 2. The summed E-state index contributed by atoms with van der Waals surface area (Å²) in [7, 11) is 0. The predicted octanol–water partition coefficient (Wildman–Crippen LogP) is 1.87. The second-order valence-corrected chi connectivity index (χ2v) is 4.75. The fraction of sp³-hybridized carbons (Fsp3) is 0.200. The van der Waals surface area contributed by atoms with E-state index in [1.54, 1.807) is 12.1 Å². The van der Waals surface area contributed by atoms with Gasteiger partial charge in [-0.3, -0.25) is 9.48 Å². The maximum absolute atomic E-state index is 11.8. The molecule has 20 heavy (non-hydrogen) atoms. The molecule has 0 aliphatic heterocycles. The van der Waals surface area contributed by atoms with Gasteiger partial charge in [-0.2, -0.15) is 5.10 Å². The zero-order chi connectivity index (χ0) is 13.9. The van der Waals surface area contributed by atoms with E-state index in [1.807, 2.05) is 41.3 Å². The molecule has 0 radical (unpaired) electrons. The monoisotopic (exact) mass is 268 g/mol. The number of nitrogens with two attached hydrogens (primary N) is 1. The smallest absolute Gasteiger partial charge is 0.189 e. The largest absolute Gasteiger partial charge is 0.382 e. The van der Waals surface area contributed by atoms with Crippen LogP contribution in [0.4, 0.5) is 5.82 Å². The molecule has 3 aromatic rings. The van der Waals surface area contributed by atoms with Crippen LogP contribution in [0.5, 0.6) is 0 Å². The van der Waals surface area contributed by atoms with Crippen molar-refractivity contribution in [2.75, 3.05) is 5.73 Å². The Morgan fingerprint density at radius 3 is 2.70 bits per heavy atom. The summed E-state index contributed by atoms with van der Waals surface area (Å²) in [6.45, 7) is 1.64. The lowest BCUT2D eigenvalue weighted by molar-refractivity contribution is 0.533. The molecule has 0 bridgehead atoms. The first kappa shape index (κ1) is 12.5. The summed E-state index contributed by atoms with van der Waals surface area (Å²) in [5.41, 5.74) is 6.62. The molecule has 0 saturated carbocycles. The first-order chi connectivity index (χ1) is 9.74. The quantitative estimate of drug-likeness (QED) is 0.785. The Bertz CT molecular complexity index is 788. The lowest BCUT2D eigenvalue weighted by atomic mass is 10.2. The van der Waals surface area contributed by atoms with Gasteiger partial charge in [0.2, 0.25) is 0 Å². The summed E-state index contributed by atoms with van der Waals surface area (Å²) in [5.74, 6) is 0.541. The molecular formula is C15H16N4O. The van der Waals surface area contributed by atoms with Crippen molar-refractivity contribution < 1.29 is 0 Å². The number of fused-ring (bicyclic) bond motifs is 1. The number of anilines is 1. The second kappa shape index (κ2) is 5.21. The van der Waals surface area contributed by atoms with Gasteiger partial charge in [0, 0.05) is 36.9 Å². The summed E-state index contributed by atoms with van der Waals surface area (Å²) in [6, 6.07) is 11.1. The first-order valence-electron chi connectivity index (χ1n) is 6.61. The number of nitrogen functional groups attached to an aromatic ring is 1. The summed E-state index contributed by atoms with van der Waals surface area (Å²) < 4.78 is 3.93. The molecule has 2 N–H and O–H groups in total. The van der Waals surface area contributed by atoms with Crippen molar-refractivity contribution in [2.24, 2.45) is 0 Å². The van der Waals surface area contributed by atoms with Crippen LogP contribution in [0, 0.1) is 0 Å². The molecule has 5 heteroatoms. The average Bonchev–Trinajstić information content (AvgIpc) is 2.87. The number of rotatable bonds is 4. The standard InChI is InChI=1S/C15H16N4O/c16-15-7-11-19(17-15)9-3-8-18-10-6-14(20)12-4-1-2-5-13(12)18/h1-2,4-7,10-11H,3,8-9H2,(H2,16,17). The summed E-state index contributed by atoms with van der Waals surface area (Å²) >= 11 is 0. The van der Waals surface area contributed by atoms with Crippen LogP contribution in [0.25, 0.3) is 10.9 Å². The van der Waals surface area contributed by atoms with Gasteiger partial charge in [0.1, 0.15) is 5.82 Å². The van der Waals surface area contributed by atoms with Crippen LogP contribution in [-0.2, 0) is 13.1 Å². The molecule has 5 nitrogen and oxygen atoms in total.